The van der Waals surface area contributed by atoms with Gasteiger partial charge in [-0.05, 0) is 61.8 Å². The highest BCUT2D eigenvalue weighted by Gasteiger charge is 2.42. The molecule has 0 bridgehead atoms. The molecule has 1 aliphatic carbocycles. The van der Waals surface area contributed by atoms with Gasteiger partial charge in [-0.3, -0.25) is 33.7 Å². The second-order valence-electron chi connectivity index (χ2n) is 21.1. The van der Waals surface area contributed by atoms with E-state index < -0.39 is 30.1 Å². The third kappa shape index (κ3) is 23.2. The van der Waals surface area contributed by atoms with Crippen LogP contribution in [0.4, 0.5) is 0 Å². The molecule has 2 heterocycles. The van der Waals surface area contributed by atoms with Gasteiger partial charge in [-0.2, -0.15) is 0 Å². The summed E-state index contributed by atoms with van der Waals surface area (Å²) in [4.78, 5) is 85.8. The largest absolute Gasteiger partial charge is 0.379 e. The molecule has 0 saturated carbocycles. The van der Waals surface area contributed by atoms with E-state index in [1.54, 1.807) is 33.2 Å². The number of rotatable bonds is 42. The van der Waals surface area contributed by atoms with Crippen LogP contribution in [0.1, 0.15) is 93.4 Å². The molecule has 3 rings (SSSR count). The normalized spacial score (nSPS) is 19.2. The standard InChI is InChI=1S/C57H98N6O14/c1-12-43(6)54(47(70-10)39-51(67)62-25-16-19-46(62)55(71-11)44(7)40-58-24-22-45-17-14-13-15-18-45)61(9)57(69)52(41(2)3)59-56(68)53(42(4)5)60(8)48(64)23-27-72-29-31-74-33-35-76-37-38-77-36-34-75-32-30-73-28-26-63-49(65)20-21-50(63)66/h13-15,17,20-21,41-47,52-55,58H,12,16,18-19,22-40H2,1-11H3,(H,59,68). The van der Waals surface area contributed by atoms with Gasteiger partial charge in [-0.15, -0.1) is 0 Å². The highest BCUT2D eigenvalue weighted by atomic mass is 16.6. The molecule has 0 aromatic carbocycles. The number of likely N-dealkylation sites (N-methyl/N-ethyl adjacent to an activating group) is 2. The van der Waals surface area contributed by atoms with E-state index >= 15 is 0 Å². The number of carbonyl (C=O) groups excluding carboxylic acids is 6. The Morgan fingerprint density at radius 3 is 1.81 bits per heavy atom. The lowest BCUT2D eigenvalue weighted by Crippen LogP contribution is -2.60. The molecule has 0 radical (unpaired) electrons. The molecule has 0 aromatic rings. The molecule has 9 atom stereocenters. The Morgan fingerprint density at radius 2 is 1.30 bits per heavy atom. The van der Waals surface area contributed by atoms with Gasteiger partial charge in [0, 0.05) is 53.6 Å². The van der Waals surface area contributed by atoms with E-state index in [1.807, 2.05) is 32.6 Å². The average molecular weight is 1090 g/mol. The van der Waals surface area contributed by atoms with Crippen molar-refractivity contribution in [2.45, 2.75) is 130 Å². The van der Waals surface area contributed by atoms with Crippen molar-refractivity contribution in [2.75, 3.05) is 134 Å². The number of imide groups is 1. The number of allylic oxidation sites excluding steroid dienone is 4. The first kappa shape index (κ1) is 67.2. The Kier molecular flexibility index (Phi) is 32.9. The topological polar surface area (TPSA) is 213 Å². The van der Waals surface area contributed by atoms with E-state index in [4.69, 9.17) is 37.9 Å². The Hall–Kier alpha value is -4.12. The van der Waals surface area contributed by atoms with Crippen LogP contribution in [0.2, 0.25) is 0 Å². The van der Waals surface area contributed by atoms with Gasteiger partial charge in [0.25, 0.3) is 11.8 Å². The summed E-state index contributed by atoms with van der Waals surface area (Å²) in [6.07, 6.45) is 15.2. The Labute approximate surface area is 460 Å². The summed E-state index contributed by atoms with van der Waals surface area (Å²) in [7, 11) is 6.65. The zero-order valence-electron chi connectivity index (χ0n) is 48.6. The molecule has 1 fully saturated rings. The third-order valence-corrected chi connectivity index (χ3v) is 14.8. The molecule has 440 valence electrons. The van der Waals surface area contributed by atoms with Crippen LogP contribution in [0.25, 0.3) is 0 Å². The number of ether oxygens (including phenoxy) is 8. The van der Waals surface area contributed by atoms with E-state index in [-0.39, 0.29) is 105 Å². The van der Waals surface area contributed by atoms with Gasteiger partial charge in [0.1, 0.15) is 12.1 Å². The quantitative estimate of drug-likeness (QED) is 0.0652. The van der Waals surface area contributed by atoms with Crippen molar-refractivity contribution < 1.29 is 66.7 Å². The van der Waals surface area contributed by atoms with Gasteiger partial charge < -0.3 is 63.2 Å². The van der Waals surface area contributed by atoms with Crippen molar-refractivity contribution in [2.24, 2.45) is 29.6 Å². The molecular formula is C57H98N6O14. The van der Waals surface area contributed by atoms with Crippen molar-refractivity contribution in [1.82, 2.24) is 30.2 Å². The number of methoxy groups -OCH3 is 2. The zero-order chi connectivity index (χ0) is 56.7. The minimum atomic E-state index is -0.903. The number of hydrogen-bond donors (Lipinski definition) is 2. The van der Waals surface area contributed by atoms with Crippen LogP contribution in [0.3, 0.4) is 0 Å². The Bertz CT molecular complexity index is 1830. The summed E-state index contributed by atoms with van der Waals surface area (Å²) in [5.74, 6) is -1.53. The number of amides is 6. The highest BCUT2D eigenvalue weighted by Crippen LogP contribution is 2.30. The summed E-state index contributed by atoms with van der Waals surface area (Å²) >= 11 is 0. The summed E-state index contributed by atoms with van der Waals surface area (Å²) in [6.45, 7) is 20.3. The first-order valence-corrected chi connectivity index (χ1v) is 28.2. The molecule has 0 aromatic heterocycles. The van der Waals surface area contributed by atoms with E-state index in [1.165, 1.54) is 17.1 Å². The fraction of sp³-hybridized carbons (Fsp3) is 0.789. The molecule has 0 spiro atoms. The number of nitrogens with one attached hydrogen (secondary N) is 2. The molecule has 2 N–H and O–H groups in total. The number of nitrogens with zero attached hydrogens (tertiary/aromatic N) is 4. The number of likely N-dealkylation sites (tertiary alicyclic amines) is 1. The smallest absolute Gasteiger partial charge is 0.253 e. The van der Waals surface area contributed by atoms with Crippen molar-refractivity contribution in [1.29, 1.82) is 0 Å². The van der Waals surface area contributed by atoms with E-state index in [0.717, 1.165) is 50.1 Å². The molecule has 2 aliphatic heterocycles. The molecule has 9 unspecified atom stereocenters. The van der Waals surface area contributed by atoms with Crippen molar-refractivity contribution in [3.63, 3.8) is 0 Å². The van der Waals surface area contributed by atoms with Crippen LogP contribution >= 0.6 is 0 Å². The molecular weight excluding hydrogens is 993 g/mol. The van der Waals surface area contributed by atoms with Crippen molar-refractivity contribution in [3.8, 4) is 0 Å². The maximum Gasteiger partial charge on any atom is 0.253 e. The maximum absolute atomic E-state index is 14.6. The van der Waals surface area contributed by atoms with E-state index in [2.05, 4.69) is 55.7 Å². The minimum absolute atomic E-state index is 0.0287. The van der Waals surface area contributed by atoms with Gasteiger partial charge in [0.05, 0.1) is 123 Å². The van der Waals surface area contributed by atoms with E-state index in [9.17, 15) is 28.8 Å². The lowest BCUT2D eigenvalue weighted by molar-refractivity contribution is -0.148. The second kappa shape index (κ2) is 37.7. The third-order valence-electron chi connectivity index (χ3n) is 14.8. The van der Waals surface area contributed by atoms with Gasteiger partial charge in [-0.1, -0.05) is 79.2 Å². The van der Waals surface area contributed by atoms with Gasteiger partial charge in [-0.25, -0.2) is 0 Å². The lowest BCUT2D eigenvalue weighted by Gasteiger charge is -2.41. The molecule has 20 nitrogen and oxygen atoms in total. The minimum Gasteiger partial charge on any atom is -0.379 e. The van der Waals surface area contributed by atoms with Crippen LogP contribution in [0.15, 0.2) is 36.5 Å². The summed E-state index contributed by atoms with van der Waals surface area (Å²) in [5, 5.41) is 6.65. The molecule has 1 saturated heterocycles. The zero-order valence-corrected chi connectivity index (χ0v) is 48.6. The molecule has 6 amide bonds. The molecule has 20 heteroatoms. The Morgan fingerprint density at radius 1 is 0.727 bits per heavy atom. The highest BCUT2D eigenvalue weighted by molar-refractivity contribution is 6.12. The van der Waals surface area contributed by atoms with E-state index in [0.29, 0.717) is 71.9 Å². The monoisotopic (exact) mass is 1090 g/mol. The second-order valence-corrected chi connectivity index (χ2v) is 21.1. The van der Waals surface area contributed by atoms with Crippen LogP contribution in [0.5, 0.6) is 0 Å². The van der Waals surface area contributed by atoms with Crippen molar-refractivity contribution in [3.05, 3.63) is 36.5 Å². The lowest BCUT2D eigenvalue weighted by atomic mass is 9.89. The molecule has 77 heavy (non-hydrogen) atoms. The fourth-order valence-corrected chi connectivity index (χ4v) is 10.2. The first-order valence-electron chi connectivity index (χ1n) is 28.2. The predicted molar refractivity (Wildman–Crippen MR) is 294 cm³/mol. The number of carbonyl (C=O) groups is 6. The summed E-state index contributed by atoms with van der Waals surface area (Å²) < 4.78 is 45.4. The van der Waals surface area contributed by atoms with Crippen LogP contribution in [-0.4, -0.2) is 225 Å². The van der Waals surface area contributed by atoms with Gasteiger partial charge in [0.15, 0.2) is 0 Å². The summed E-state index contributed by atoms with van der Waals surface area (Å²) in [6, 6.07) is -2.29. The fourth-order valence-electron chi connectivity index (χ4n) is 10.2. The first-order chi connectivity index (χ1) is 37.0. The van der Waals surface area contributed by atoms with Crippen molar-refractivity contribution >= 4 is 35.4 Å². The number of hydrogen-bond acceptors (Lipinski definition) is 15. The predicted octanol–water partition coefficient (Wildman–Crippen LogP) is 4.06. The average Bonchev–Trinajstić information content (AvgIpc) is 4.04. The Balaban J connectivity index is 1.39. The van der Waals surface area contributed by atoms with Gasteiger partial charge >= 0.3 is 0 Å². The van der Waals surface area contributed by atoms with Crippen LogP contribution < -0.4 is 10.6 Å². The van der Waals surface area contributed by atoms with Gasteiger partial charge in [0.2, 0.25) is 23.6 Å². The maximum atomic E-state index is 14.6. The SMILES string of the molecule is CCC(C)C(C(CC(=O)N1CCCC1C(OC)C(C)CNCCC1C=CC=CC1)OC)N(C)C(=O)C(NC(=O)C(C(C)C)N(C)C(=O)CCOCCOCCOCCOCCOCCOCCN1C(=O)C=CC1=O)C(C)C. The summed E-state index contributed by atoms with van der Waals surface area (Å²) in [5.41, 5.74) is 0. The van der Waals surface area contributed by atoms with Crippen LogP contribution in [-0.2, 0) is 66.7 Å². The molecule has 3 aliphatic rings. The van der Waals surface area contributed by atoms with Crippen LogP contribution in [0, 0.1) is 29.6 Å².